The zero-order valence-corrected chi connectivity index (χ0v) is 22.7. The maximum absolute atomic E-state index is 12.3. The first-order valence-corrected chi connectivity index (χ1v) is 13.0. The number of allylic oxidation sites excluding steroid dienone is 2. The quantitative estimate of drug-likeness (QED) is 0.225. The second kappa shape index (κ2) is 11.6. The molecule has 0 aliphatic carbocycles. The van der Waals surface area contributed by atoms with Crippen LogP contribution in [0.15, 0.2) is 36.0 Å². The Labute approximate surface area is 215 Å². The van der Waals surface area contributed by atoms with Crippen LogP contribution in [-0.2, 0) is 28.5 Å². The van der Waals surface area contributed by atoms with Crippen molar-refractivity contribution < 1.29 is 33.6 Å². The minimum Gasteiger partial charge on any atom is -0.459 e. The summed E-state index contributed by atoms with van der Waals surface area (Å²) in [6.07, 6.45) is 9.71. The minimum absolute atomic E-state index is 0.0506. The monoisotopic (exact) mass is 505 g/mol. The molecular weight excluding hydrogens is 462 g/mol. The van der Waals surface area contributed by atoms with Crippen molar-refractivity contribution >= 4 is 11.9 Å². The molecule has 3 rings (SSSR count). The fourth-order valence-electron chi connectivity index (χ4n) is 5.19. The van der Waals surface area contributed by atoms with Crippen LogP contribution in [-0.4, -0.2) is 71.4 Å². The molecule has 8 heteroatoms. The fourth-order valence-corrected chi connectivity index (χ4v) is 5.19. The van der Waals surface area contributed by atoms with Crippen LogP contribution in [0.2, 0.25) is 0 Å². The summed E-state index contributed by atoms with van der Waals surface area (Å²) in [7, 11) is 0. The average molecular weight is 506 g/mol. The Kier molecular flexibility index (Phi) is 9.20. The SMILES string of the molecule is CC(=O)O[C@H](C)/C=C\C(=O)N[C@@H]1C[C@H](C)[C@H](C/C=C(C)/C=C/[C@H]2OC(C)(C)C[C@@]3(CO3)[C@@H]2O)O[C@@H]1C. The molecular formula is C28H43NO7. The second-order valence-corrected chi connectivity index (χ2v) is 11.2. The molecule has 0 radical (unpaired) electrons. The first-order chi connectivity index (χ1) is 16.8. The topological polar surface area (TPSA) is 107 Å². The summed E-state index contributed by atoms with van der Waals surface area (Å²) in [4.78, 5) is 23.3. The van der Waals surface area contributed by atoms with Gasteiger partial charge < -0.3 is 29.4 Å². The van der Waals surface area contributed by atoms with Crippen molar-refractivity contribution in [2.75, 3.05) is 6.61 Å². The van der Waals surface area contributed by atoms with Crippen molar-refractivity contribution in [2.45, 2.75) is 115 Å². The molecule has 202 valence electrons. The van der Waals surface area contributed by atoms with Crippen LogP contribution in [0.5, 0.6) is 0 Å². The van der Waals surface area contributed by atoms with E-state index in [1.807, 2.05) is 39.8 Å². The predicted molar refractivity (Wildman–Crippen MR) is 136 cm³/mol. The maximum atomic E-state index is 12.3. The molecule has 8 nitrogen and oxygen atoms in total. The minimum atomic E-state index is -0.663. The molecule has 3 saturated heterocycles. The van der Waals surface area contributed by atoms with Crippen LogP contribution < -0.4 is 5.32 Å². The van der Waals surface area contributed by atoms with E-state index in [-0.39, 0.29) is 41.6 Å². The standard InChI is InChI=1S/C28H43NO7/c1-17(9-12-24-26(32)28(16-33-28)15-27(6,7)36-24)8-11-23-18(2)14-22(20(4)35-23)29-25(31)13-10-19(3)34-21(5)30/h8-10,12-13,18-20,22-24,26,32H,11,14-16H2,1-7H3,(H,29,31)/b12-9+,13-10-,17-8+/t18-,19+,20+,22+,23-,24+,26+,28+/m0/s1. The highest BCUT2D eigenvalue weighted by atomic mass is 16.6. The Bertz CT molecular complexity index is 888. The number of epoxide rings is 1. The summed E-state index contributed by atoms with van der Waals surface area (Å²) < 4.78 is 23.0. The lowest BCUT2D eigenvalue weighted by Gasteiger charge is -2.41. The van der Waals surface area contributed by atoms with Gasteiger partial charge in [-0.15, -0.1) is 0 Å². The second-order valence-electron chi connectivity index (χ2n) is 11.2. The van der Waals surface area contributed by atoms with Crippen molar-refractivity contribution in [3.63, 3.8) is 0 Å². The molecule has 1 spiro atoms. The van der Waals surface area contributed by atoms with E-state index in [1.54, 1.807) is 13.0 Å². The van der Waals surface area contributed by atoms with Crippen LogP contribution in [0, 0.1) is 5.92 Å². The molecule has 0 bridgehead atoms. The van der Waals surface area contributed by atoms with Crippen molar-refractivity contribution in [2.24, 2.45) is 5.92 Å². The molecule has 3 fully saturated rings. The van der Waals surface area contributed by atoms with Crippen LogP contribution in [0.3, 0.4) is 0 Å². The molecule has 0 aromatic heterocycles. The van der Waals surface area contributed by atoms with E-state index in [2.05, 4.69) is 18.3 Å². The molecule has 0 aromatic carbocycles. The van der Waals surface area contributed by atoms with Gasteiger partial charge in [-0.2, -0.15) is 0 Å². The van der Waals surface area contributed by atoms with Gasteiger partial charge in [0.05, 0.1) is 30.5 Å². The molecule has 8 atom stereocenters. The van der Waals surface area contributed by atoms with E-state index in [0.717, 1.165) is 18.4 Å². The van der Waals surface area contributed by atoms with Gasteiger partial charge in [0.2, 0.25) is 5.91 Å². The van der Waals surface area contributed by atoms with Gasteiger partial charge in [0.1, 0.15) is 23.9 Å². The summed E-state index contributed by atoms with van der Waals surface area (Å²) in [6.45, 7) is 13.8. The lowest BCUT2D eigenvalue weighted by atomic mass is 9.83. The number of ether oxygens (including phenoxy) is 4. The van der Waals surface area contributed by atoms with Crippen molar-refractivity contribution in [1.82, 2.24) is 5.32 Å². The molecule has 3 heterocycles. The number of hydrogen-bond donors (Lipinski definition) is 2. The molecule has 0 aromatic rings. The zero-order valence-electron chi connectivity index (χ0n) is 22.7. The number of hydrogen-bond acceptors (Lipinski definition) is 7. The van der Waals surface area contributed by atoms with Crippen molar-refractivity contribution in [3.05, 3.63) is 36.0 Å². The zero-order chi connectivity index (χ0) is 26.7. The van der Waals surface area contributed by atoms with Gasteiger partial charge in [-0.25, -0.2) is 0 Å². The Hall–Kier alpha value is -2.00. The molecule has 3 aliphatic heterocycles. The van der Waals surface area contributed by atoms with Crippen LogP contribution in [0.25, 0.3) is 0 Å². The van der Waals surface area contributed by atoms with Gasteiger partial charge in [-0.05, 0) is 59.5 Å². The number of nitrogens with one attached hydrogen (secondary N) is 1. The van der Waals surface area contributed by atoms with Crippen molar-refractivity contribution in [1.29, 1.82) is 0 Å². The number of aliphatic hydroxyl groups excluding tert-OH is 1. The van der Waals surface area contributed by atoms with E-state index in [1.165, 1.54) is 13.0 Å². The lowest BCUT2D eigenvalue weighted by molar-refractivity contribution is -0.171. The first-order valence-electron chi connectivity index (χ1n) is 13.0. The molecule has 36 heavy (non-hydrogen) atoms. The Morgan fingerprint density at radius 2 is 1.92 bits per heavy atom. The number of carbonyl (C=O) groups is 2. The molecule has 3 aliphatic rings. The normalized spacial score (nSPS) is 37.3. The third-order valence-corrected chi connectivity index (χ3v) is 7.18. The van der Waals surface area contributed by atoms with Gasteiger partial charge in [-0.1, -0.05) is 30.7 Å². The van der Waals surface area contributed by atoms with E-state index < -0.39 is 23.9 Å². The van der Waals surface area contributed by atoms with Crippen molar-refractivity contribution in [3.8, 4) is 0 Å². The summed E-state index contributed by atoms with van der Waals surface area (Å²) in [5.41, 5.74) is 0.274. The highest BCUT2D eigenvalue weighted by molar-refractivity contribution is 5.87. The number of carbonyl (C=O) groups excluding carboxylic acids is 2. The third kappa shape index (κ3) is 7.75. The Morgan fingerprint density at radius 3 is 2.56 bits per heavy atom. The lowest BCUT2D eigenvalue weighted by Crippen LogP contribution is -2.53. The van der Waals surface area contributed by atoms with Gasteiger partial charge in [0.15, 0.2) is 0 Å². The van der Waals surface area contributed by atoms with Crippen LogP contribution in [0.1, 0.15) is 67.7 Å². The Balaban J connectivity index is 1.49. The van der Waals surface area contributed by atoms with Crippen LogP contribution in [0.4, 0.5) is 0 Å². The van der Waals surface area contributed by atoms with E-state index in [4.69, 9.17) is 18.9 Å². The number of rotatable bonds is 8. The van der Waals surface area contributed by atoms with E-state index >= 15 is 0 Å². The van der Waals surface area contributed by atoms with Crippen LogP contribution >= 0.6 is 0 Å². The van der Waals surface area contributed by atoms with Gasteiger partial charge >= 0.3 is 5.97 Å². The first kappa shape index (κ1) is 28.6. The molecule has 1 amide bonds. The third-order valence-electron chi connectivity index (χ3n) is 7.18. The summed E-state index contributed by atoms with van der Waals surface area (Å²) >= 11 is 0. The summed E-state index contributed by atoms with van der Waals surface area (Å²) in [5.74, 6) is -0.346. The van der Waals surface area contributed by atoms with E-state index in [9.17, 15) is 14.7 Å². The smallest absolute Gasteiger partial charge is 0.303 e. The number of amides is 1. The highest BCUT2D eigenvalue weighted by Crippen LogP contribution is 2.46. The predicted octanol–water partition coefficient (Wildman–Crippen LogP) is 3.38. The summed E-state index contributed by atoms with van der Waals surface area (Å²) in [6, 6.07) is -0.0901. The largest absolute Gasteiger partial charge is 0.459 e. The molecule has 2 N–H and O–H groups in total. The summed E-state index contributed by atoms with van der Waals surface area (Å²) in [5, 5.41) is 13.7. The number of esters is 1. The van der Waals surface area contributed by atoms with Gasteiger partial charge in [0, 0.05) is 19.4 Å². The number of aliphatic hydroxyl groups is 1. The molecule has 0 saturated carbocycles. The molecule has 0 unspecified atom stereocenters. The van der Waals surface area contributed by atoms with Gasteiger partial charge in [-0.3, -0.25) is 9.59 Å². The van der Waals surface area contributed by atoms with Gasteiger partial charge in [0.25, 0.3) is 0 Å². The van der Waals surface area contributed by atoms with E-state index in [0.29, 0.717) is 13.0 Å². The maximum Gasteiger partial charge on any atom is 0.303 e. The Morgan fingerprint density at radius 1 is 1.22 bits per heavy atom. The highest BCUT2D eigenvalue weighted by Gasteiger charge is 2.60. The fraction of sp³-hybridized carbons (Fsp3) is 0.714. The average Bonchev–Trinajstić information content (AvgIpc) is 3.54.